The fraction of sp³-hybridized carbons (Fsp3) is 0.333. The van der Waals surface area contributed by atoms with Gasteiger partial charge in [0.1, 0.15) is 6.26 Å². The number of hydrogen-bond acceptors (Lipinski definition) is 5. The summed E-state index contributed by atoms with van der Waals surface area (Å²) in [6, 6.07) is 9.32. The van der Waals surface area contributed by atoms with Crippen LogP contribution < -0.4 is 10.6 Å². The molecule has 192 valence electrons. The Morgan fingerprint density at radius 1 is 1.19 bits per heavy atom. The zero-order valence-electron chi connectivity index (χ0n) is 20.3. The van der Waals surface area contributed by atoms with Crippen molar-refractivity contribution in [3.63, 3.8) is 0 Å². The predicted octanol–water partition coefficient (Wildman–Crippen LogP) is 4.79. The number of alkyl halides is 3. The van der Waals surface area contributed by atoms with Gasteiger partial charge in [-0.25, -0.2) is 0 Å². The normalized spacial score (nSPS) is 20.1. The molecule has 1 fully saturated rings. The highest BCUT2D eigenvalue weighted by Gasteiger charge is 2.59. The van der Waals surface area contributed by atoms with Crippen LogP contribution in [0.3, 0.4) is 0 Å². The van der Waals surface area contributed by atoms with Crippen molar-refractivity contribution < 1.29 is 27.3 Å². The molecule has 0 spiro atoms. The van der Waals surface area contributed by atoms with E-state index in [0.29, 0.717) is 22.7 Å². The second-order valence-corrected chi connectivity index (χ2v) is 9.54. The first-order valence-electron chi connectivity index (χ1n) is 11.9. The molecule has 2 aromatic heterocycles. The van der Waals surface area contributed by atoms with E-state index >= 15 is 0 Å². The topological polar surface area (TPSA) is 97.1 Å². The van der Waals surface area contributed by atoms with Crippen molar-refractivity contribution in [3.8, 4) is 11.1 Å². The van der Waals surface area contributed by atoms with Crippen LogP contribution in [0.4, 0.5) is 13.2 Å². The van der Waals surface area contributed by atoms with Gasteiger partial charge in [-0.05, 0) is 54.0 Å². The number of rotatable bonds is 6. The summed E-state index contributed by atoms with van der Waals surface area (Å²) >= 11 is 0. The van der Waals surface area contributed by atoms with Gasteiger partial charge in [0.2, 0.25) is 11.8 Å². The molecule has 1 aliphatic carbocycles. The lowest BCUT2D eigenvalue weighted by atomic mass is 9.77. The standard InChI is InChI=1S/C27H25F3N4O3/c1-15-23(14-37-34-15)18-5-8-20(9-6-18)26(27(28,29)30)11-21(22(25(36)33-26)13-31-16(2)35)24-10-7-19(12-32-24)17-3-4-17/h5-10,12,14,17H,3-4,11,13H2,1-2H3,(H,31,35)(H,33,36)/t26-/m0/s1. The van der Waals surface area contributed by atoms with Crippen LogP contribution in [0.5, 0.6) is 0 Å². The smallest absolute Gasteiger partial charge is 0.364 e. The maximum atomic E-state index is 14.8. The van der Waals surface area contributed by atoms with E-state index in [1.165, 1.54) is 25.3 Å². The molecule has 10 heteroatoms. The SMILES string of the molecule is CC(=O)NCC1=C(c2ccc(C3CC3)cn2)C[C@](c2ccc(-c3conc3C)cc2)(C(F)(F)F)NC1=O. The number of benzene rings is 1. The van der Waals surface area contributed by atoms with Crippen LogP contribution in [0.25, 0.3) is 16.7 Å². The van der Waals surface area contributed by atoms with E-state index in [9.17, 15) is 22.8 Å². The molecule has 1 aliphatic heterocycles. The molecule has 2 aliphatic rings. The first kappa shape index (κ1) is 24.7. The van der Waals surface area contributed by atoms with Gasteiger partial charge in [0, 0.05) is 37.2 Å². The van der Waals surface area contributed by atoms with Gasteiger partial charge in [0.15, 0.2) is 5.54 Å². The summed E-state index contributed by atoms with van der Waals surface area (Å²) in [6.45, 7) is 2.81. The number of aryl methyl sites for hydroxylation is 1. The second kappa shape index (κ2) is 9.17. The van der Waals surface area contributed by atoms with Gasteiger partial charge in [0.05, 0.1) is 11.4 Å². The molecule has 1 atom stereocenters. The second-order valence-electron chi connectivity index (χ2n) is 9.54. The highest BCUT2D eigenvalue weighted by molar-refractivity contribution is 6.04. The highest BCUT2D eigenvalue weighted by Crippen LogP contribution is 2.48. The molecule has 2 amide bonds. The van der Waals surface area contributed by atoms with E-state index in [2.05, 4.69) is 20.8 Å². The van der Waals surface area contributed by atoms with E-state index in [4.69, 9.17) is 4.52 Å². The molecule has 0 saturated heterocycles. The van der Waals surface area contributed by atoms with Crippen molar-refractivity contribution in [3.05, 3.63) is 76.9 Å². The van der Waals surface area contributed by atoms with Crippen LogP contribution in [-0.2, 0) is 15.1 Å². The van der Waals surface area contributed by atoms with Crippen molar-refractivity contribution in [1.29, 1.82) is 0 Å². The molecule has 5 rings (SSSR count). The first-order chi connectivity index (χ1) is 17.6. The zero-order valence-corrected chi connectivity index (χ0v) is 20.3. The molecule has 37 heavy (non-hydrogen) atoms. The molecule has 3 aromatic rings. The maximum Gasteiger partial charge on any atom is 0.416 e. The summed E-state index contributed by atoms with van der Waals surface area (Å²) < 4.78 is 49.5. The number of hydrogen-bond donors (Lipinski definition) is 2. The van der Waals surface area contributed by atoms with Gasteiger partial charge >= 0.3 is 6.18 Å². The molecule has 1 saturated carbocycles. The third-order valence-electron chi connectivity index (χ3n) is 6.99. The number of carbonyl (C=O) groups is 2. The van der Waals surface area contributed by atoms with Crippen molar-refractivity contribution in [2.45, 2.75) is 50.7 Å². The maximum absolute atomic E-state index is 14.8. The Hall–Kier alpha value is -3.95. The summed E-state index contributed by atoms with van der Waals surface area (Å²) in [5.41, 5.74) is 0.627. The Balaban J connectivity index is 1.59. The summed E-state index contributed by atoms with van der Waals surface area (Å²) in [4.78, 5) is 29.2. The van der Waals surface area contributed by atoms with Crippen molar-refractivity contribution in [1.82, 2.24) is 20.8 Å². The zero-order chi connectivity index (χ0) is 26.4. The van der Waals surface area contributed by atoms with Gasteiger partial charge in [-0.2, -0.15) is 13.2 Å². The third-order valence-corrected chi connectivity index (χ3v) is 6.99. The van der Waals surface area contributed by atoms with Crippen molar-refractivity contribution in [2.75, 3.05) is 6.54 Å². The fourth-order valence-electron chi connectivity index (χ4n) is 4.72. The minimum Gasteiger partial charge on any atom is -0.364 e. The first-order valence-corrected chi connectivity index (χ1v) is 11.9. The lowest BCUT2D eigenvalue weighted by Gasteiger charge is -2.41. The minimum atomic E-state index is -4.82. The number of amides is 2. The highest BCUT2D eigenvalue weighted by atomic mass is 19.4. The molecule has 0 radical (unpaired) electrons. The molecule has 7 nitrogen and oxygen atoms in total. The molecule has 0 bridgehead atoms. The van der Waals surface area contributed by atoms with Gasteiger partial charge < -0.3 is 15.2 Å². The Labute approximate surface area is 211 Å². The number of nitrogens with one attached hydrogen (secondary N) is 2. The summed E-state index contributed by atoms with van der Waals surface area (Å²) in [7, 11) is 0. The molecule has 3 heterocycles. The lowest BCUT2D eigenvalue weighted by molar-refractivity contribution is -0.201. The lowest BCUT2D eigenvalue weighted by Crippen LogP contribution is -2.59. The number of pyridine rings is 1. The van der Waals surface area contributed by atoms with E-state index < -0.39 is 30.0 Å². The van der Waals surface area contributed by atoms with Gasteiger partial charge in [0.25, 0.3) is 0 Å². The third kappa shape index (κ3) is 4.63. The summed E-state index contributed by atoms with van der Waals surface area (Å²) in [5.74, 6) is -0.880. The molecular weight excluding hydrogens is 485 g/mol. The average Bonchev–Trinajstić information content (AvgIpc) is 3.62. The van der Waals surface area contributed by atoms with Crippen LogP contribution in [0.15, 0.2) is 59.0 Å². The quantitative estimate of drug-likeness (QED) is 0.497. The summed E-state index contributed by atoms with van der Waals surface area (Å²) in [6.07, 6.45) is -0.191. The van der Waals surface area contributed by atoms with E-state index in [-0.39, 0.29) is 28.9 Å². The van der Waals surface area contributed by atoms with Crippen molar-refractivity contribution >= 4 is 17.4 Å². The number of halogens is 3. The average molecular weight is 511 g/mol. The van der Waals surface area contributed by atoms with Crippen molar-refractivity contribution in [2.24, 2.45) is 0 Å². The summed E-state index contributed by atoms with van der Waals surface area (Å²) in [5, 5.41) is 8.59. The molecule has 2 N–H and O–H groups in total. The molecule has 1 aromatic carbocycles. The van der Waals surface area contributed by atoms with Crippen LogP contribution in [-0.4, -0.2) is 34.7 Å². The van der Waals surface area contributed by atoms with Gasteiger partial charge in [-0.15, -0.1) is 0 Å². The van der Waals surface area contributed by atoms with Crippen LogP contribution in [0.1, 0.15) is 54.6 Å². The molecule has 0 unspecified atom stereocenters. The Morgan fingerprint density at radius 3 is 2.46 bits per heavy atom. The number of aromatic nitrogens is 2. The van der Waals surface area contributed by atoms with Crippen LogP contribution in [0.2, 0.25) is 0 Å². The van der Waals surface area contributed by atoms with E-state index in [1.807, 2.05) is 6.07 Å². The predicted molar refractivity (Wildman–Crippen MR) is 129 cm³/mol. The minimum absolute atomic E-state index is 0.0541. The largest absolute Gasteiger partial charge is 0.416 e. The van der Waals surface area contributed by atoms with Crippen LogP contribution in [0, 0.1) is 6.92 Å². The Bertz CT molecular complexity index is 1370. The Morgan fingerprint density at radius 2 is 1.92 bits per heavy atom. The van der Waals surface area contributed by atoms with E-state index in [1.54, 1.807) is 31.3 Å². The van der Waals surface area contributed by atoms with Gasteiger partial charge in [-0.3, -0.25) is 14.6 Å². The van der Waals surface area contributed by atoms with Gasteiger partial charge in [-0.1, -0.05) is 35.5 Å². The molecular formula is C27H25F3N4O3. The van der Waals surface area contributed by atoms with Crippen LogP contribution >= 0.6 is 0 Å². The monoisotopic (exact) mass is 510 g/mol. The number of carbonyl (C=O) groups excluding carboxylic acids is 2. The fourth-order valence-corrected chi connectivity index (χ4v) is 4.72. The Kier molecular flexibility index (Phi) is 6.13. The number of nitrogens with zero attached hydrogens (tertiary/aromatic N) is 2. The van der Waals surface area contributed by atoms with E-state index in [0.717, 1.165) is 18.4 Å².